The molecule has 6 nitrogen and oxygen atoms in total. The summed E-state index contributed by atoms with van der Waals surface area (Å²) in [6.45, 7) is 0.167. The summed E-state index contributed by atoms with van der Waals surface area (Å²) in [6, 6.07) is 14.3. The van der Waals surface area contributed by atoms with Crippen LogP contribution in [0.4, 0.5) is 13.9 Å². The molecular formula is C24H20F2N2O4S. The maximum Gasteiger partial charge on any atom is 0.260 e. The zero-order valence-corrected chi connectivity index (χ0v) is 18.9. The molecular weight excluding hydrogens is 450 g/mol. The van der Waals surface area contributed by atoms with Crippen LogP contribution in [0.1, 0.15) is 15.9 Å². The molecule has 0 bridgehead atoms. The number of aromatic nitrogens is 1. The lowest BCUT2D eigenvalue weighted by Crippen LogP contribution is -2.30. The summed E-state index contributed by atoms with van der Waals surface area (Å²) < 4.78 is 44.4. The number of carbonyl (C=O) groups excluding carboxylic acids is 1. The van der Waals surface area contributed by atoms with E-state index in [1.54, 1.807) is 0 Å². The fourth-order valence-corrected chi connectivity index (χ4v) is 4.42. The van der Waals surface area contributed by atoms with Gasteiger partial charge in [0, 0.05) is 11.6 Å². The van der Waals surface area contributed by atoms with Gasteiger partial charge in [-0.2, -0.15) is 0 Å². The van der Waals surface area contributed by atoms with Gasteiger partial charge in [0.2, 0.25) is 5.75 Å². The fourth-order valence-electron chi connectivity index (χ4n) is 3.41. The summed E-state index contributed by atoms with van der Waals surface area (Å²) >= 11 is 1.03. The topological polar surface area (TPSA) is 60.9 Å². The van der Waals surface area contributed by atoms with Gasteiger partial charge < -0.3 is 14.2 Å². The van der Waals surface area contributed by atoms with Crippen molar-refractivity contribution in [1.29, 1.82) is 0 Å². The molecule has 0 unspecified atom stereocenters. The molecule has 0 aliphatic carbocycles. The van der Waals surface area contributed by atoms with Gasteiger partial charge in [-0.3, -0.25) is 9.69 Å². The van der Waals surface area contributed by atoms with Crippen molar-refractivity contribution < 1.29 is 27.8 Å². The van der Waals surface area contributed by atoms with Gasteiger partial charge >= 0.3 is 0 Å². The second-order valence-corrected chi connectivity index (χ2v) is 8.03. The van der Waals surface area contributed by atoms with E-state index in [2.05, 4.69) is 4.98 Å². The molecule has 0 saturated carbocycles. The largest absolute Gasteiger partial charge is 0.493 e. The molecule has 0 radical (unpaired) electrons. The number of ether oxygens (including phenoxy) is 3. The lowest BCUT2D eigenvalue weighted by molar-refractivity contribution is 0.0984. The van der Waals surface area contributed by atoms with Crippen LogP contribution in [-0.2, 0) is 6.54 Å². The molecule has 33 heavy (non-hydrogen) atoms. The number of fused-ring (bicyclic) bond motifs is 1. The van der Waals surface area contributed by atoms with E-state index in [-0.39, 0.29) is 22.8 Å². The van der Waals surface area contributed by atoms with Crippen molar-refractivity contribution in [3.8, 4) is 17.2 Å². The lowest BCUT2D eigenvalue weighted by atomic mass is 10.1. The molecule has 0 aliphatic rings. The first-order chi connectivity index (χ1) is 15.9. The molecule has 4 aromatic rings. The normalized spacial score (nSPS) is 10.8. The van der Waals surface area contributed by atoms with Crippen molar-refractivity contribution in [3.05, 3.63) is 77.4 Å². The Labute approximate surface area is 193 Å². The lowest BCUT2D eigenvalue weighted by Gasteiger charge is -2.21. The summed E-state index contributed by atoms with van der Waals surface area (Å²) in [4.78, 5) is 19.4. The van der Waals surface area contributed by atoms with Gasteiger partial charge in [-0.15, -0.1) is 0 Å². The maximum atomic E-state index is 14.3. The van der Waals surface area contributed by atoms with Crippen molar-refractivity contribution in [2.45, 2.75) is 6.54 Å². The van der Waals surface area contributed by atoms with Crippen LogP contribution < -0.4 is 19.1 Å². The van der Waals surface area contributed by atoms with Gasteiger partial charge in [-0.05, 0) is 23.8 Å². The highest BCUT2D eigenvalue weighted by molar-refractivity contribution is 7.22. The number of hydrogen-bond donors (Lipinski definition) is 0. The van der Waals surface area contributed by atoms with E-state index in [0.717, 1.165) is 23.0 Å². The van der Waals surface area contributed by atoms with E-state index in [4.69, 9.17) is 14.2 Å². The van der Waals surface area contributed by atoms with Crippen LogP contribution >= 0.6 is 11.3 Å². The Morgan fingerprint density at radius 3 is 2.24 bits per heavy atom. The van der Waals surface area contributed by atoms with E-state index in [1.165, 1.54) is 44.4 Å². The zero-order chi connectivity index (χ0) is 23.5. The Hall–Kier alpha value is -3.72. The highest BCUT2D eigenvalue weighted by Crippen LogP contribution is 2.39. The molecule has 0 spiro atoms. The van der Waals surface area contributed by atoms with Gasteiger partial charge in [0.1, 0.15) is 11.3 Å². The van der Waals surface area contributed by atoms with Gasteiger partial charge in [-0.25, -0.2) is 13.8 Å². The van der Waals surface area contributed by atoms with Crippen molar-refractivity contribution in [2.75, 3.05) is 26.2 Å². The first kappa shape index (κ1) is 22.5. The number of rotatable bonds is 7. The first-order valence-electron chi connectivity index (χ1n) is 9.86. The highest BCUT2D eigenvalue weighted by atomic mass is 32.1. The predicted molar refractivity (Wildman–Crippen MR) is 123 cm³/mol. The van der Waals surface area contributed by atoms with Gasteiger partial charge in [0.05, 0.1) is 32.6 Å². The molecule has 9 heteroatoms. The van der Waals surface area contributed by atoms with Gasteiger partial charge in [0.15, 0.2) is 22.4 Å². The van der Waals surface area contributed by atoms with Crippen LogP contribution in [0.2, 0.25) is 0 Å². The Morgan fingerprint density at radius 1 is 0.970 bits per heavy atom. The van der Waals surface area contributed by atoms with E-state index in [0.29, 0.717) is 21.9 Å². The Balaban J connectivity index is 1.83. The number of methoxy groups -OCH3 is 3. The second-order valence-electron chi connectivity index (χ2n) is 7.02. The van der Waals surface area contributed by atoms with Crippen LogP contribution in [0.3, 0.4) is 0 Å². The molecule has 1 heterocycles. The Bertz CT molecular complexity index is 1290. The summed E-state index contributed by atoms with van der Waals surface area (Å²) in [5.74, 6) is -0.926. The van der Waals surface area contributed by atoms with Crippen molar-refractivity contribution >= 4 is 32.6 Å². The standard InChI is InChI=1S/C24H20F2N2O4S/c1-30-18-9-15(10-19(31-2)22(18)32-3)23(29)28(13-14-7-5-4-6-8-14)24-27-21-17(26)11-16(25)12-20(21)33-24/h4-12H,13H2,1-3H3. The van der Waals surface area contributed by atoms with Crippen LogP contribution in [0.25, 0.3) is 10.2 Å². The average molecular weight is 470 g/mol. The Kier molecular flexibility index (Phi) is 6.41. The third-order valence-electron chi connectivity index (χ3n) is 4.97. The quantitative estimate of drug-likeness (QED) is 0.360. The molecule has 4 rings (SSSR count). The van der Waals surface area contributed by atoms with E-state index in [9.17, 15) is 13.6 Å². The minimum absolute atomic E-state index is 0.00662. The van der Waals surface area contributed by atoms with E-state index < -0.39 is 17.5 Å². The number of benzene rings is 3. The number of carbonyl (C=O) groups is 1. The molecule has 0 saturated heterocycles. The summed E-state index contributed by atoms with van der Waals surface area (Å²) in [6.07, 6.45) is 0. The third kappa shape index (κ3) is 4.45. The molecule has 0 aliphatic heterocycles. The number of thiazole rings is 1. The van der Waals surface area contributed by atoms with Crippen molar-refractivity contribution in [2.24, 2.45) is 0 Å². The molecule has 3 aromatic carbocycles. The molecule has 0 fully saturated rings. The SMILES string of the molecule is COc1cc(C(=O)N(Cc2ccccc2)c2nc3c(F)cc(F)cc3s2)cc(OC)c1OC. The van der Waals surface area contributed by atoms with Crippen LogP contribution in [0.5, 0.6) is 17.2 Å². The number of anilines is 1. The monoisotopic (exact) mass is 470 g/mol. The van der Waals surface area contributed by atoms with Crippen molar-refractivity contribution in [3.63, 3.8) is 0 Å². The van der Waals surface area contributed by atoms with Crippen LogP contribution in [-0.4, -0.2) is 32.2 Å². The third-order valence-corrected chi connectivity index (χ3v) is 6.00. The molecule has 0 atom stereocenters. The smallest absolute Gasteiger partial charge is 0.260 e. The Morgan fingerprint density at radius 2 is 1.64 bits per heavy atom. The van der Waals surface area contributed by atoms with E-state index >= 15 is 0 Å². The van der Waals surface area contributed by atoms with E-state index in [1.807, 2.05) is 30.3 Å². The van der Waals surface area contributed by atoms with Gasteiger partial charge in [-0.1, -0.05) is 41.7 Å². The highest BCUT2D eigenvalue weighted by Gasteiger charge is 2.25. The molecule has 1 aromatic heterocycles. The minimum Gasteiger partial charge on any atom is -0.493 e. The van der Waals surface area contributed by atoms with Crippen LogP contribution in [0, 0.1) is 11.6 Å². The zero-order valence-electron chi connectivity index (χ0n) is 18.1. The van der Waals surface area contributed by atoms with Crippen LogP contribution in [0.15, 0.2) is 54.6 Å². The number of amides is 1. The summed E-state index contributed by atoms with van der Waals surface area (Å²) in [5.41, 5.74) is 1.10. The van der Waals surface area contributed by atoms with Crippen molar-refractivity contribution in [1.82, 2.24) is 4.98 Å². The average Bonchev–Trinajstić information content (AvgIpc) is 3.25. The second kappa shape index (κ2) is 9.41. The fraction of sp³-hybridized carbons (Fsp3) is 0.167. The minimum atomic E-state index is -0.785. The summed E-state index contributed by atoms with van der Waals surface area (Å²) in [7, 11) is 4.38. The van der Waals surface area contributed by atoms with Gasteiger partial charge in [0.25, 0.3) is 5.91 Å². The first-order valence-corrected chi connectivity index (χ1v) is 10.7. The number of hydrogen-bond acceptors (Lipinski definition) is 6. The number of nitrogens with zero attached hydrogens (tertiary/aromatic N) is 2. The maximum absolute atomic E-state index is 14.3. The predicted octanol–water partition coefficient (Wildman–Crippen LogP) is 5.45. The molecule has 1 amide bonds. The summed E-state index contributed by atoms with van der Waals surface area (Å²) in [5, 5.41) is 0.233. The molecule has 0 N–H and O–H groups in total. The molecule has 170 valence electrons. The number of halogens is 2.